The molecule has 0 N–H and O–H groups in total. The maximum Gasteiger partial charge on any atom is 0.417 e. The van der Waals surface area contributed by atoms with E-state index in [0.717, 1.165) is 32.6 Å². The number of piperidine rings is 1. The van der Waals surface area contributed by atoms with Gasteiger partial charge in [0.25, 0.3) is 0 Å². The van der Waals surface area contributed by atoms with Gasteiger partial charge in [0, 0.05) is 19.6 Å². The summed E-state index contributed by atoms with van der Waals surface area (Å²) in [5.41, 5.74) is 0.279. The first-order valence-corrected chi connectivity index (χ1v) is 8.42. The van der Waals surface area contributed by atoms with Gasteiger partial charge >= 0.3 is 6.18 Å². The predicted octanol–water partition coefficient (Wildman–Crippen LogP) is 4.28. The van der Waals surface area contributed by atoms with Crippen LogP contribution in [0.5, 0.6) is 0 Å². The van der Waals surface area contributed by atoms with Crippen LogP contribution in [0, 0.1) is 5.41 Å². The lowest BCUT2D eigenvalue weighted by atomic mass is 9.79. The molecule has 0 aromatic heterocycles. The van der Waals surface area contributed by atoms with Gasteiger partial charge in [-0.05, 0) is 62.5 Å². The van der Waals surface area contributed by atoms with Crippen molar-refractivity contribution in [3.63, 3.8) is 0 Å². The van der Waals surface area contributed by atoms with Gasteiger partial charge in [0.2, 0.25) is 0 Å². The van der Waals surface area contributed by atoms with E-state index < -0.39 is 11.7 Å². The van der Waals surface area contributed by atoms with Crippen molar-refractivity contribution in [2.24, 2.45) is 5.41 Å². The number of hydrogen-bond acceptors (Lipinski definition) is 2. The van der Waals surface area contributed by atoms with Gasteiger partial charge in [0.05, 0.1) is 10.6 Å². The molecule has 2 aliphatic rings. The summed E-state index contributed by atoms with van der Waals surface area (Å²) in [6, 6.07) is 4.27. The van der Waals surface area contributed by atoms with E-state index >= 15 is 0 Å². The van der Waals surface area contributed by atoms with Crippen molar-refractivity contribution >= 4 is 11.6 Å². The number of hydrogen-bond donors (Lipinski definition) is 0. The normalized spacial score (nSPS) is 27.0. The molecule has 1 aromatic carbocycles. The molecule has 0 amide bonds. The topological polar surface area (TPSA) is 6.48 Å². The molecule has 0 aliphatic carbocycles. The van der Waals surface area contributed by atoms with E-state index in [1.54, 1.807) is 6.07 Å². The van der Waals surface area contributed by atoms with Gasteiger partial charge < -0.3 is 4.90 Å². The van der Waals surface area contributed by atoms with Crippen LogP contribution < -0.4 is 0 Å². The standard InChI is InChI=1S/C17H22ClF3N2/c1-22-8-6-16(11-22)5-2-7-23(12-16)10-13-3-4-15(18)14(9-13)17(19,20)21/h3-4,9H,2,5-8,10-12H2,1H3. The summed E-state index contributed by atoms with van der Waals surface area (Å²) in [6.07, 6.45) is -0.866. The van der Waals surface area contributed by atoms with Crippen molar-refractivity contribution in [1.29, 1.82) is 0 Å². The van der Waals surface area contributed by atoms with E-state index in [9.17, 15) is 13.2 Å². The zero-order valence-electron chi connectivity index (χ0n) is 13.3. The molecule has 2 nitrogen and oxygen atoms in total. The SMILES string of the molecule is CN1CCC2(CCCN(Cc3ccc(Cl)c(C(F)(F)F)c3)C2)C1. The highest BCUT2D eigenvalue weighted by molar-refractivity contribution is 6.31. The van der Waals surface area contributed by atoms with Crippen LogP contribution in [0.15, 0.2) is 18.2 Å². The monoisotopic (exact) mass is 346 g/mol. The Labute approximate surface area is 140 Å². The molecular weight excluding hydrogens is 325 g/mol. The second-order valence-electron chi connectivity index (χ2n) is 7.11. The van der Waals surface area contributed by atoms with Crippen LogP contribution in [-0.2, 0) is 12.7 Å². The quantitative estimate of drug-likeness (QED) is 0.788. The van der Waals surface area contributed by atoms with Crippen molar-refractivity contribution in [3.8, 4) is 0 Å². The fraction of sp³-hybridized carbons (Fsp3) is 0.647. The van der Waals surface area contributed by atoms with Crippen molar-refractivity contribution < 1.29 is 13.2 Å². The van der Waals surface area contributed by atoms with Crippen LogP contribution in [0.3, 0.4) is 0 Å². The number of likely N-dealkylation sites (tertiary alicyclic amines) is 2. The van der Waals surface area contributed by atoms with Crippen LogP contribution >= 0.6 is 11.6 Å². The Morgan fingerprint density at radius 3 is 2.61 bits per heavy atom. The zero-order chi connectivity index (χ0) is 16.7. The van der Waals surface area contributed by atoms with Gasteiger partial charge in [-0.2, -0.15) is 13.2 Å². The first-order valence-electron chi connectivity index (χ1n) is 8.04. The third-order valence-corrected chi connectivity index (χ3v) is 5.44. The fourth-order valence-electron chi connectivity index (χ4n) is 4.08. The smallest absolute Gasteiger partial charge is 0.306 e. The molecule has 23 heavy (non-hydrogen) atoms. The van der Waals surface area contributed by atoms with Crippen LogP contribution in [0.1, 0.15) is 30.4 Å². The lowest BCUT2D eigenvalue weighted by Crippen LogP contribution is -2.44. The number of nitrogens with zero attached hydrogens (tertiary/aromatic N) is 2. The van der Waals surface area contributed by atoms with Crippen molar-refractivity contribution in [3.05, 3.63) is 34.3 Å². The lowest BCUT2D eigenvalue weighted by molar-refractivity contribution is -0.137. The van der Waals surface area contributed by atoms with E-state index in [-0.39, 0.29) is 5.02 Å². The average Bonchev–Trinajstić information content (AvgIpc) is 2.80. The van der Waals surface area contributed by atoms with Gasteiger partial charge in [0.1, 0.15) is 0 Å². The molecule has 128 valence electrons. The van der Waals surface area contributed by atoms with Gasteiger partial charge in [-0.25, -0.2) is 0 Å². The molecule has 0 saturated carbocycles. The fourth-order valence-corrected chi connectivity index (χ4v) is 4.31. The second-order valence-corrected chi connectivity index (χ2v) is 7.52. The van der Waals surface area contributed by atoms with Crippen LogP contribution in [-0.4, -0.2) is 43.0 Å². The van der Waals surface area contributed by atoms with Crippen molar-refractivity contribution in [2.75, 3.05) is 33.2 Å². The first kappa shape index (κ1) is 17.1. The predicted molar refractivity (Wildman–Crippen MR) is 85.5 cm³/mol. The van der Waals surface area contributed by atoms with Gasteiger partial charge in [0.15, 0.2) is 0 Å². The summed E-state index contributed by atoms with van der Waals surface area (Å²) < 4.78 is 39.0. The number of alkyl halides is 3. The lowest BCUT2D eigenvalue weighted by Gasteiger charge is -2.40. The zero-order valence-corrected chi connectivity index (χ0v) is 14.1. The van der Waals surface area contributed by atoms with E-state index in [1.807, 2.05) is 0 Å². The Hall–Kier alpha value is -0.780. The average molecular weight is 347 g/mol. The van der Waals surface area contributed by atoms with Crippen molar-refractivity contribution in [2.45, 2.75) is 32.0 Å². The van der Waals surface area contributed by atoms with E-state index in [4.69, 9.17) is 11.6 Å². The summed E-state index contributed by atoms with van der Waals surface area (Å²) in [5, 5.41) is -0.228. The van der Waals surface area contributed by atoms with E-state index in [1.165, 1.54) is 25.0 Å². The van der Waals surface area contributed by atoms with Crippen LogP contribution in [0.4, 0.5) is 13.2 Å². The molecule has 3 rings (SSSR count). The number of benzene rings is 1. The van der Waals surface area contributed by atoms with Gasteiger partial charge in [-0.1, -0.05) is 17.7 Å². The first-order chi connectivity index (χ1) is 10.8. The van der Waals surface area contributed by atoms with E-state index in [2.05, 4.69) is 16.8 Å². The minimum Gasteiger partial charge on any atom is -0.306 e. The Balaban J connectivity index is 1.72. The van der Waals surface area contributed by atoms with Crippen molar-refractivity contribution in [1.82, 2.24) is 9.80 Å². The molecular formula is C17H22ClF3N2. The summed E-state index contributed by atoms with van der Waals surface area (Å²) in [6.45, 7) is 4.70. The summed E-state index contributed by atoms with van der Waals surface area (Å²) >= 11 is 5.70. The largest absolute Gasteiger partial charge is 0.417 e. The number of rotatable bonds is 2. The van der Waals surface area contributed by atoms with E-state index in [0.29, 0.717) is 17.5 Å². The Morgan fingerprint density at radius 1 is 1.17 bits per heavy atom. The maximum absolute atomic E-state index is 13.0. The molecule has 2 fully saturated rings. The Bertz CT molecular complexity index is 571. The second kappa shape index (κ2) is 6.26. The minimum atomic E-state index is -4.40. The molecule has 1 atom stereocenters. The highest BCUT2D eigenvalue weighted by atomic mass is 35.5. The van der Waals surface area contributed by atoms with Gasteiger partial charge in [-0.15, -0.1) is 0 Å². The third-order valence-electron chi connectivity index (χ3n) is 5.11. The molecule has 2 saturated heterocycles. The molecule has 1 spiro atoms. The van der Waals surface area contributed by atoms with Gasteiger partial charge in [-0.3, -0.25) is 4.90 Å². The summed E-state index contributed by atoms with van der Waals surface area (Å²) in [5.74, 6) is 0. The Morgan fingerprint density at radius 2 is 1.96 bits per heavy atom. The maximum atomic E-state index is 13.0. The molecule has 0 bridgehead atoms. The highest BCUT2D eigenvalue weighted by Crippen LogP contribution is 2.39. The molecule has 2 heterocycles. The molecule has 1 aromatic rings. The molecule has 2 aliphatic heterocycles. The van der Waals surface area contributed by atoms with Crippen LogP contribution in [0.2, 0.25) is 5.02 Å². The molecule has 6 heteroatoms. The minimum absolute atomic E-state index is 0.228. The third kappa shape index (κ3) is 3.83. The summed E-state index contributed by atoms with van der Waals surface area (Å²) in [7, 11) is 2.14. The highest BCUT2D eigenvalue weighted by Gasteiger charge is 2.40. The van der Waals surface area contributed by atoms with Crippen LogP contribution in [0.25, 0.3) is 0 Å². The summed E-state index contributed by atoms with van der Waals surface area (Å²) in [4.78, 5) is 4.65. The Kier molecular flexibility index (Phi) is 4.64. The molecule has 0 radical (unpaired) electrons. The number of halogens is 4. The molecule has 1 unspecified atom stereocenters.